The zero-order chi connectivity index (χ0) is 31.7. The number of nitrogens with one attached hydrogen (secondary N) is 1. The van der Waals surface area contributed by atoms with Gasteiger partial charge in [-0.3, -0.25) is 24.4 Å². The second-order valence-electron chi connectivity index (χ2n) is 12.2. The Morgan fingerprint density at radius 3 is 2.33 bits per heavy atom. The van der Waals surface area contributed by atoms with Crippen molar-refractivity contribution in [3.05, 3.63) is 59.4 Å². The second kappa shape index (κ2) is 12.1. The molecule has 4 rings (SSSR count). The molecule has 2 heterocycles. The highest BCUT2D eigenvalue weighted by molar-refractivity contribution is 6.04. The Morgan fingerprint density at radius 2 is 1.77 bits per heavy atom. The van der Waals surface area contributed by atoms with Crippen LogP contribution in [0.2, 0.25) is 0 Å². The maximum Gasteiger partial charge on any atom is 0.416 e. The van der Waals surface area contributed by atoms with Gasteiger partial charge < -0.3 is 10.4 Å². The number of β-amino-alcohol motifs (C(OH)–C–C–N with tert-alkyl or cyclic N) is 1. The Labute approximate surface area is 246 Å². The molecular formula is C30H34F5N5O3. The number of halogens is 5. The van der Waals surface area contributed by atoms with Crippen LogP contribution >= 0.6 is 0 Å². The number of anilines is 1. The summed E-state index contributed by atoms with van der Waals surface area (Å²) in [5.41, 5.74) is -1.22. The Morgan fingerprint density at radius 1 is 1.14 bits per heavy atom. The predicted molar refractivity (Wildman–Crippen MR) is 147 cm³/mol. The minimum Gasteiger partial charge on any atom is -0.391 e. The highest BCUT2D eigenvalue weighted by atomic mass is 19.4. The number of nitrogens with zero attached hydrogens (tertiary/aromatic N) is 4. The number of aliphatic hydroxyl groups is 1. The van der Waals surface area contributed by atoms with Crippen molar-refractivity contribution in [2.45, 2.75) is 94.6 Å². The molecule has 1 saturated heterocycles. The van der Waals surface area contributed by atoms with Crippen LogP contribution in [-0.2, 0) is 21.2 Å². The molecule has 1 saturated carbocycles. The fourth-order valence-corrected chi connectivity index (χ4v) is 5.59. The second-order valence-corrected chi connectivity index (χ2v) is 12.2. The molecule has 13 heteroatoms. The lowest BCUT2D eigenvalue weighted by atomic mass is 9.87. The van der Waals surface area contributed by atoms with Gasteiger partial charge in [0.25, 0.3) is 5.91 Å². The van der Waals surface area contributed by atoms with Gasteiger partial charge in [0.1, 0.15) is 12.1 Å². The number of alkyl halides is 5. The lowest BCUT2D eigenvalue weighted by molar-refractivity contribution is -0.139. The molecule has 1 aromatic carbocycles. The van der Waals surface area contributed by atoms with E-state index in [1.807, 2.05) is 27.0 Å². The van der Waals surface area contributed by atoms with Crippen molar-refractivity contribution >= 4 is 17.5 Å². The number of carbonyl (C=O) groups excluding carboxylic acids is 2. The first-order valence-corrected chi connectivity index (χ1v) is 14.0. The lowest BCUT2D eigenvalue weighted by Gasteiger charge is -2.37. The summed E-state index contributed by atoms with van der Waals surface area (Å²) in [4.78, 5) is 34.0. The number of nitriles is 1. The van der Waals surface area contributed by atoms with Crippen LogP contribution in [0.1, 0.15) is 75.6 Å². The summed E-state index contributed by atoms with van der Waals surface area (Å²) in [5.74, 6) is -4.80. The number of rotatable bonds is 6. The van der Waals surface area contributed by atoms with E-state index >= 15 is 0 Å². The van der Waals surface area contributed by atoms with Crippen molar-refractivity contribution in [1.82, 2.24) is 15.2 Å². The van der Waals surface area contributed by atoms with Gasteiger partial charge in [-0.15, -0.1) is 0 Å². The molecular weight excluding hydrogens is 573 g/mol. The Kier molecular flexibility index (Phi) is 9.02. The fourth-order valence-electron chi connectivity index (χ4n) is 5.59. The normalized spacial score (nSPS) is 21.6. The van der Waals surface area contributed by atoms with Gasteiger partial charge in [0.05, 0.1) is 18.2 Å². The molecule has 0 radical (unpaired) electrons. The SMILES string of the molecule is CC(C)(C)c1ccc(N(C(=O)[C@H]2C[C@@H](O)CN2C#N)C(C(=O)NC2CCC(F)(F)CC2)c2cnccc2C(F)(F)F)cc1. The van der Waals surface area contributed by atoms with E-state index in [1.165, 1.54) is 12.1 Å². The molecule has 2 aromatic rings. The molecule has 1 aliphatic heterocycles. The van der Waals surface area contributed by atoms with Gasteiger partial charge in [-0.2, -0.15) is 18.4 Å². The number of amides is 2. The summed E-state index contributed by atoms with van der Waals surface area (Å²) < 4.78 is 70.6. The Balaban J connectivity index is 1.87. The number of carbonyl (C=O) groups is 2. The fraction of sp³-hybridized carbons (Fsp3) is 0.533. The molecule has 1 aromatic heterocycles. The Hall–Kier alpha value is -3.79. The molecule has 1 aliphatic carbocycles. The average Bonchev–Trinajstić information content (AvgIpc) is 3.32. The van der Waals surface area contributed by atoms with E-state index in [-0.39, 0.29) is 36.9 Å². The largest absolute Gasteiger partial charge is 0.416 e. The number of likely N-dealkylation sites (tertiary alicyclic amines) is 1. The zero-order valence-corrected chi connectivity index (χ0v) is 24.0. The van der Waals surface area contributed by atoms with Crippen LogP contribution in [0.3, 0.4) is 0 Å². The van der Waals surface area contributed by atoms with Crippen LogP contribution in [0.25, 0.3) is 0 Å². The number of aliphatic hydroxyl groups excluding tert-OH is 1. The highest BCUT2D eigenvalue weighted by Crippen LogP contribution is 2.40. The number of hydrogen-bond acceptors (Lipinski definition) is 6. The summed E-state index contributed by atoms with van der Waals surface area (Å²) >= 11 is 0. The molecule has 232 valence electrons. The molecule has 8 nitrogen and oxygen atoms in total. The van der Waals surface area contributed by atoms with Gasteiger partial charge in [-0.25, -0.2) is 8.78 Å². The first-order valence-electron chi connectivity index (χ1n) is 14.0. The summed E-state index contributed by atoms with van der Waals surface area (Å²) in [6.07, 6.45) is -3.77. The molecule has 1 unspecified atom stereocenters. The van der Waals surface area contributed by atoms with Crippen LogP contribution in [0, 0.1) is 11.5 Å². The first kappa shape index (κ1) is 32.1. The van der Waals surface area contributed by atoms with Crippen molar-refractivity contribution in [1.29, 1.82) is 5.26 Å². The number of aromatic nitrogens is 1. The number of hydrogen-bond donors (Lipinski definition) is 2. The van der Waals surface area contributed by atoms with Gasteiger partial charge >= 0.3 is 6.18 Å². The van der Waals surface area contributed by atoms with Crippen molar-refractivity contribution in [2.75, 3.05) is 11.4 Å². The van der Waals surface area contributed by atoms with Crippen LogP contribution in [0.15, 0.2) is 42.7 Å². The van der Waals surface area contributed by atoms with Crippen LogP contribution in [0.4, 0.5) is 27.6 Å². The van der Waals surface area contributed by atoms with E-state index in [4.69, 9.17) is 0 Å². The van der Waals surface area contributed by atoms with Gasteiger partial charge in [-0.05, 0) is 42.0 Å². The number of benzene rings is 1. The summed E-state index contributed by atoms with van der Waals surface area (Å²) in [6.45, 7) is 5.68. The molecule has 2 aliphatic rings. The van der Waals surface area contributed by atoms with Gasteiger partial charge in [-0.1, -0.05) is 32.9 Å². The van der Waals surface area contributed by atoms with Crippen LogP contribution < -0.4 is 10.2 Å². The van der Waals surface area contributed by atoms with Gasteiger partial charge in [0, 0.05) is 48.9 Å². The summed E-state index contributed by atoms with van der Waals surface area (Å²) in [6, 6.07) is 3.13. The highest BCUT2D eigenvalue weighted by Gasteiger charge is 2.46. The molecule has 0 bridgehead atoms. The number of pyridine rings is 1. The third-order valence-corrected chi connectivity index (χ3v) is 7.96. The third kappa shape index (κ3) is 7.24. The molecule has 0 spiro atoms. The monoisotopic (exact) mass is 607 g/mol. The standard InChI is InChI=1S/C30H34F5N5O3/c1-28(2,3)18-4-6-20(7-5-18)40(27(43)24-14-21(41)16-39(24)17-36)25(22-15-37-13-10-23(22)30(33,34)35)26(42)38-19-8-11-29(31,32)12-9-19/h4-7,10,13,15,19,21,24-25,41H,8-9,11-12,14,16H2,1-3H3,(H,38,42)/t21-,24-,25?/m1/s1. The summed E-state index contributed by atoms with van der Waals surface area (Å²) in [5, 5.41) is 22.5. The zero-order valence-electron chi connectivity index (χ0n) is 24.0. The maximum atomic E-state index is 14.3. The molecule has 3 atom stereocenters. The third-order valence-electron chi connectivity index (χ3n) is 7.96. The van der Waals surface area contributed by atoms with Crippen molar-refractivity contribution < 1.29 is 36.6 Å². The quantitative estimate of drug-likeness (QED) is 0.350. The predicted octanol–water partition coefficient (Wildman–Crippen LogP) is 5.08. The van der Waals surface area contributed by atoms with Crippen molar-refractivity contribution in [2.24, 2.45) is 0 Å². The Bertz CT molecular complexity index is 1360. The topological polar surface area (TPSA) is 110 Å². The average molecular weight is 608 g/mol. The molecule has 2 N–H and O–H groups in total. The maximum absolute atomic E-state index is 14.3. The molecule has 43 heavy (non-hydrogen) atoms. The van der Waals surface area contributed by atoms with Crippen LogP contribution in [-0.4, -0.2) is 57.5 Å². The van der Waals surface area contributed by atoms with E-state index < -0.39 is 72.1 Å². The van der Waals surface area contributed by atoms with Gasteiger partial charge in [0.15, 0.2) is 6.19 Å². The van der Waals surface area contributed by atoms with E-state index in [2.05, 4.69) is 10.3 Å². The van der Waals surface area contributed by atoms with Gasteiger partial charge in [0.2, 0.25) is 11.8 Å². The van der Waals surface area contributed by atoms with Crippen LogP contribution in [0.5, 0.6) is 0 Å². The lowest BCUT2D eigenvalue weighted by Crippen LogP contribution is -2.52. The van der Waals surface area contributed by atoms with E-state index in [9.17, 15) is 41.9 Å². The van der Waals surface area contributed by atoms with Crippen molar-refractivity contribution in [3.63, 3.8) is 0 Å². The van der Waals surface area contributed by atoms with E-state index in [0.29, 0.717) is 6.07 Å². The molecule has 2 amide bonds. The minimum atomic E-state index is -4.93. The molecule has 2 fully saturated rings. The minimum absolute atomic E-state index is 0.0737. The van der Waals surface area contributed by atoms with E-state index in [0.717, 1.165) is 27.8 Å². The van der Waals surface area contributed by atoms with Crippen molar-refractivity contribution in [3.8, 4) is 6.19 Å². The first-order chi connectivity index (χ1) is 20.0. The summed E-state index contributed by atoms with van der Waals surface area (Å²) in [7, 11) is 0. The smallest absolute Gasteiger partial charge is 0.391 e. The van der Waals surface area contributed by atoms with E-state index in [1.54, 1.807) is 12.1 Å².